The summed E-state index contributed by atoms with van der Waals surface area (Å²) in [4.78, 5) is 32.4. The maximum absolute atomic E-state index is 13.0. The lowest BCUT2D eigenvalue weighted by Gasteiger charge is -2.14. The third-order valence-electron chi connectivity index (χ3n) is 3.95. The van der Waals surface area contributed by atoms with Crippen molar-refractivity contribution in [3.8, 4) is 0 Å². The Labute approximate surface area is 162 Å². The average molecular weight is 407 g/mol. The number of halogens is 3. The second-order valence-corrected chi connectivity index (χ2v) is 6.35. The maximum Gasteiger partial charge on any atom is 0.418 e. The first-order chi connectivity index (χ1) is 13.7. The van der Waals surface area contributed by atoms with Gasteiger partial charge in [0, 0.05) is 6.20 Å². The molecule has 1 aromatic carbocycles. The van der Waals surface area contributed by atoms with Crippen LogP contribution in [0, 0.1) is 0 Å². The molecule has 0 aliphatic rings. The minimum atomic E-state index is -4.63. The normalized spacial score (nSPS) is 11.7. The number of hydrogen-bond donors (Lipinski definition) is 1. The molecule has 0 spiro atoms. The largest absolute Gasteiger partial charge is 0.452 e. The van der Waals surface area contributed by atoms with Crippen LogP contribution in [0.2, 0.25) is 0 Å². The number of para-hydroxylation sites is 1. The predicted octanol–water partition coefficient (Wildman–Crippen LogP) is 3.06. The number of carbonyl (C=O) groups is 2. The average Bonchev–Trinajstić information content (AvgIpc) is 3.13. The van der Waals surface area contributed by atoms with Crippen molar-refractivity contribution in [2.45, 2.75) is 25.9 Å². The molecule has 0 fully saturated rings. The summed E-state index contributed by atoms with van der Waals surface area (Å²) in [6.45, 7) is 2.89. The van der Waals surface area contributed by atoms with E-state index in [0.29, 0.717) is 11.5 Å². The summed E-state index contributed by atoms with van der Waals surface area (Å²) in [7, 11) is 0. The molecule has 11 heteroatoms. The molecule has 0 unspecified atom stereocenters. The van der Waals surface area contributed by atoms with Gasteiger partial charge in [-0.2, -0.15) is 23.3 Å². The van der Waals surface area contributed by atoms with Crippen molar-refractivity contribution < 1.29 is 27.5 Å². The Morgan fingerprint density at radius 1 is 1.21 bits per heavy atom. The van der Waals surface area contributed by atoms with Gasteiger partial charge in [-0.1, -0.05) is 26.0 Å². The second kappa shape index (κ2) is 7.86. The van der Waals surface area contributed by atoms with Gasteiger partial charge < -0.3 is 10.1 Å². The SMILES string of the molecule is CC(C)c1c(C(=O)OCC(=O)Nc2ccccc2C(F)(F)F)cnc2ncnn12. The van der Waals surface area contributed by atoms with Crippen LogP contribution in [0.5, 0.6) is 0 Å². The number of carbonyl (C=O) groups excluding carboxylic acids is 2. The Bertz CT molecular complexity index is 1060. The van der Waals surface area contributed by atoms with E-state index in [4.69, 9.17) is 4.74 Å². The smallest absolute Gasteiger partial charge is 0.418 e. The monoisotopic (exact) mass is 407 g/mol. The number of ether oxygens (including phenoxy) is 1. The van der Waals surface area contributed by atoms with Crippen LogP contribution in [0.1, 0.15) is 41.4 Å². The van der Waals surface area contributed by atoms with Crippen LogP contribution in [0.15, 0.2) is 36.8 Å². The summed E-state index contributed by atoms with van der Waals surface area (Å²) in [6.07, 6.45) is -2.08. The Hall–Kier alpha value is -3.50. The lowest BCUT2D eigenvalue weighted by Crippen LogP contribution is -2.23. The highest BCUT2D eigenvalue weighted by Gasteiger charge is 2.33. The van der Waals surface area contributed by atoms with Gasteiger partial charge in [0.2, 0.25) is 0 Å². The van der Waals surface area contributed by atoms with Crippen LogP contribution in [0.25, 0.3) is 5.78 Å². The van der Waals surface area contributed by atoms with Gasteiger partial charge in [0.25, 0.3) is 11.7 Å². The zero-order chi connectivity index (χ0) is 21.2. The van der Waals surface area contributed by atoms with Crippen molar-refractivity contribution in [3.05, 3.63) is 53.6 Å². The molecular weight excluding hydrogens is 391 g/mol. The number of esters is 1. The fourth-order valence-corrected chi connectivity index (χ4v) is 2.74. The van der Waals surface area contributed by atoms with E-state index in [2.05, 4.69) is 20.4 Å². The molecule has 152 valence electrons. The summed E-state index contributed by atoms with van der Waals surface area (Å²) < 4.78 is 45.4. The minimum Gasteiger partial charge on any atom is -0.452 e. The predicted molar refractivity (Wildman–Crippen MR) is 95.2 cm³/mol. The van der Waals surface area contributed by atoms with Crippen molar-refractivity contribution in [1.82, 2.24) is 19.6 Å². The summed E-state index contributed by atoms with van der Waals surface area (Å²) in [6, 6.07) is 4.52. The highest BCUT2D eigenvalue weighted by Crippen LogP contribution is 2.34. The van der Waals surface area contributed by atoms with E-state index in [-0.39, 0.29) is 11.5 Å². The van der Waals surface area contributed by atoms with Gasteiger partial charge in [0.15, 0.2) is 6.61 Å². The quantitative estimate of drug-likeness (QED) is 0.653. The first-order valence-electron chi connectivity index (χ1n) is 8.50. The zero-order valence-electron chi connectivity index (χ0n) is 15.4. The van der Waals surface area contributed by atoms with Gasteiger partial charge in [-0.15, -0.1) is 0 Å². The highest BCUT2D eigenvalue weighted by atomic mass is 19.4. The van der Waals surface area contributed by atoms with Gasteiger partial charge in [-0.05, 0) is 18.1 Å². The fraction of sp³-hybridized carbons (Fsp3) is 0.278. The number of aromatic nitrogens is 4. The molecule has 0 radical (unpaired) electrons. The molecule has 0 atom stereocenters. The van der Waals surface area contributed by atoms with Crippen molar-refractivity contribution in [2.75, 3.05) is 11.9 Å². The molecule has 0 saturated heterocycles. The number of anilines is 1. The number of rotatable bonds is 5. The maximum atomic E-state index is 13.0. The number of alkyl halides is 3. The molecule has 0 aliphatic heterocycles. The van der Waals surface area contributed by atoms with Crippen LogP contribution < -0.4 is 5.32 Å². The fourth-order valence-electron chi connectivity index (χ4n) is 2.74. The molecule has 2 heterocycles. The van der Waals surface area contributed by atoms with Gasteiger partial charge >= 0.3 is 12.1 Å². The molecule has 0 bridgehead atoms. The van der Waals surface area contributed by atoms with E-state index >= 15 is 0 Å². The van der Waals surface area contributed by atoms with E-state index in [9.17, 15) is 22.8 Å². The van der Waals surface area contributed by atoms with Gasteiger partial charge in [0.1, 0.15) is 6.33 Å². The van der Waals surface area contributed by atoms with Crippen LogP contribution in [0.4, 0.5) is 18.9 Å². The minimum absolute atomic E-state index is 0.0847. The molecule has 2 aromatic heterocycles. The topological polar surface area (TPSA) is 98.5 Å². The lowest BCUT2D eigenvalue weighted by molar-refractivity contribution is -0.137. The van der Waals surface area contributed by atoms with E-state index in [0.717, 1.165) is 12.1 Å². The molecule has 0 saturated carbocycles. The summed E-state index contributed by atoms with van der Waals surface area (Å²) in [5.41, 5.74) is -0.848. The lowest BCUT2D eigenvalue weighted by atomic mass is 10.1. The van der Waals surface area contributed by atoms with Gasteiger partial charge in [-0.25, -0.2) is 14.3 Å². The zero-order valence-corrected chi connectivity index (χ0v) is 15.4. The number of hydrogen-bond acceptors (Lipinski definition) is 6. The Balaban J connectivity index is 1.73. The number of nitrogens with zero attached hydrogens (tertiary/aromatic N) is 4. The molecule has 29 heavy (non-hydrogen) atoms. The number of amides is 1. The molecule has 0 aliphatic carbocycles. The van der Waals surface area contributed by atoms with Gasteiger partial charge in [0.05, 0.1) is 22.5 Å². The molecule has 1 N–H and O–H groups in total. The molecule has 3 aromatic rings. The van der Waals surface area contributed by atoms with Crippen molar-refractivity contribution in [1.29, 1.82) is 0 Å². The molecule has 1 amide bonds. The van der Waals surface area contributed by atoms with Crippen molar-refractivity contribution in [2.24, 2.45) is 0 Å². The second-order valence-electron chi connectivity index (χ2n) is 6.35. The third kappa shape index (κ3) is 4.33. The van der Waals surface area contributed by atoms with Crippen LogP contribution in [0.3, 0.4) is 0 Å². The Morgan fingerprint density at radius 2 is 1.93 bits per heavy atom. The van der Waals surface area contributed by atoms with Crippen LogP contribution in [-0.4, -0.2) is 38.1 Å². The molecule has 8 nitrogen and oxygen atoms in total. The summed E-state index contributed by atoms with van der Waals surface area (Å²) in [5.74, 6) is -1.60. The summed E-state index contributed by atoms with van der Waals surface area (Å²) in [5, 5.41) is 6.12. The first kappa shape index (κ1) is 20.2. The van der Waals surface area contributed by atoms with Crippen LogP contribution in [-0.2, 0) is 15.7 Å². The molecule has 3 rings (SSSR count). The van der Waals surface area contributed by atoms with E-state index in [1.807, 2.05) is 13.8 Å². The Morgan fingerprint density at radius 3 is 2.62 bits per heavy atom. The van der Waals surface area contributed by atoms with Gasteiger partial charge in [-0.3, -0.25) is 4.79 Å². The number of benzene rings is 1. The third-order valence-corrected chi connectivity index (χ3v) is 3.95. The Kier molecular flexibility index (Phi) is 5.48. The summed E-state index contributed by atoms with van der Waals surface area (Å²) >= 11 is 0. The standard InChI is InChI=1S/C18H16F3N5O3/c1-10(2)15-11(7-22-17-23-9-24-26(15)17)16(28)29-8-14(27)25-13-6-4-3-5-12(13)18(19,20)21/h3-7,9-10H,8H2,1-2H3,(H,25,27). The van der Waals surface area contributed by atoms with E-state index < -0.39 is 35.9 Å². The molecular formula is C18H16F3N5O3. The first-order valence-corrected chi connectivity index (χ1v) is 8.50. The van der Waals surface area contributed by atoms with E-state index in [1.165, 1.54) is 29.2 Å². The number of nitrogens with one attached hydrogen (secondary N) is 1. The van der Waals surface area contributed by atoms with Crippen LogP contribution >= 0.6 is 0 Å². The van der Waals surface area contributed by atoms with E-state index in [1.54, 1.807) is 0 Å². The van der Waals surface area contributed by atoms with Crippen molar-refractivity contribution in [3.63, 3.8) is 0 Å². The highest BCUT2D eigenvalue weighted by molar-refractivity contribution is 5.96. The number of fused-ring (bicyclic) bond motifs is 1. The van der Waals surface area contributed by atoms with Crippen molar-refractivity contribution >= 4 is 23.3 Å².